The average molecular weight is 335 g/mol. The number of aromatic nitrogens is 1. The molecule has 0 fully saturated rings. The van der Waals surface area contributed by atoms with Gasteiger partial charge in [0.15, 0.2) is 0 Å². The van der Waals surface area contributed by atoms with Gasteiger partial charge in [0, 0.05) is 29.3 Å². The fourth-order valence-corrected chi connectivity index (χ4v) is 3.37. The van der Waals surface area contributed by atoms with Crippen LogP contribution in [0, 0.1) is 20.8 Å². The number of H-pyrrole nitrogens is 1. The maximum Gasteiger partial charge on any atom is 0.239 e. The highest BCUT2D eigenvalue weighted by Crippen LogP contribution is 2.21. The second-order valence-corrected chi connectivity index (χ2v) is 6.59. The van der Waals surface area contributed by atoms with Crippen molar-refractivity contribution in [1.82, 2.24) is 10.3 Å². The van der Waals surface area contributed by atoms with Crippen LogP contribution in [-0.2, 0) is 11.2 Å². The van der Waals surface area contributed by atoms with Gasteiger partial charge in [0.1, 0.15) is 0 Å². The van der Waals surface area contributed by atoms with Gasteiger partial charge < -0.3 is 15.6 Å². The maximum atomic E-state index is 12.1. The first kappa shape index (κ1) is 17.1. The summed E-state index contributed by atoms with van der Waals surface area (Å²) < 4.78 is 0. The maximum absolute atomic E-state index is 12.1. The van der Waals surface area contributed by atoms with Crippen LogP contribution in [0.2, 0.25) is 0 Å². The zero-order chi connectivity index (χ0) is 17.8. The molecule has 1 amide bonds. The molecule has 3 rings (SSSR count). The molecule has 4 nitrogen and oxygen atoms in total. The lowest BCUT2D eigenvalue weighted by Crippen LogP contribution is -2.31. The number of rotatable bonds is 6. The van der Waals surface area contributed by atoms with Gasteiger partial charge >= 0.3 is 0 Å². The van der Waals surface area contributed by atoms with Crippen LogP contribution < -0.4 is 10.6 Å². The third kappa shape index (κ3) is 4.02. The van der Waals surface area contributed by atoms with E-state index in [1.165, 1.54) is 27.6 Å². The molecule has 0 spiro atoms. The van der Waals surface area contributed by atoms with Gasteiger partial charge in [-0.1, -0.05) is 35.9 Å². The zero-order valence-corrected chi connectivity index (χ0v) is 15.1. The summed E-state index contributed by atoms with van der Waals surface area (Å²) in [6.07, 6.45) is 2.84. The Balaban J connectivity index is 1.50. The Morgan fingerprint density at radius 3 is 2.56 bits per heavy atom. The van der Waals surface area contributed by atoms with E-state index in [-0.39, 0.29) is 5.91 Å². The number of hydrogen-bond donors (Lipinski definition) is 3. The Morgan fingerprint density at radius 1 is 1.08 bits per heavy atom. The zero-order valence-electron chi connectivity index (χ0n) is 15.1. The monoisotopic (exact) mass is 335 g/mol. The molecule has 0 bridgehead atoms. The minimum absolute atomic E-state index is 0.0132. The van der Waals surface area contributed by atoms with E-state index in [1.54, 1.807) is 0 Å². The van der Waals surface area contributed by atoms with Crippen molar-refractivity contribution in [3.63, 3.8) is 0 Å². The fraction of sp³-hybridized carbons (Fsp3) is 0.286. The van der Waals surface area contributed by atoms with Crippen LogP contribution in [0.3, 0.4) is 0 Å². The highest BCUT2D eigenvalue weighted by molar-refractivity contribution is 5.83. The minimum Gasteiger partial charge on any atom is -0.376 e. The molecule has 1 aromatic heterocycles. The molecule has 3 N–H and O–H groups in total. The van der Waals surface area contributed by atoms with Crippen molar-refractivity contribution >= 4 is 22.5 Å². The molecule has 1 heterocycles. The number of anilines is 1. The normalized spacial score (nSPS) is 10.8. The van der Waals surface area contributed by atoms with Gasteiger partial charge in [0.2, 0.25) is 5.91 Å². The highest BCUT2D eigenvalue weighted by Gasteiger charge is 2.07. The molecule has 0 aliphatic rings. The Morgan fingerprint density at radius 2 is 1.80 bits per heavy atom. The van der Waals surface area contributed by atoms with E-state index in [9.17, 15) is 4.79 Å². The molecule has 0 saturated carbocycles. The predicted molar refractivity (Wildman–Crippen MR) is 104 cm³/mol. The van der Waals surface area contributed by atoms with Crippen molar-refractivity contribution in [2.45, 2.75) is 27.2 Å². The van der Waals surface area contributed by atoms with Crippen LogP contribution >= 0.6 is 0 Å². The van der Waals surface area contributed by atoms with Crippen LogP contribution in [0.25, 0.3) is 10.9 Å². The van der Waals surface area contributed by atoms with Crippen LogP contribution in [-0.4, -0.2) is 24.0 Å². The lowest BCUT2D eigenvalue weighted by atomic mass is 10.1. The number of carbonyl (C=O) groups excluding carboxylic acids is 1. The van der Waals surface area contributed by atoms with E-state index in [4.69, 9.17) is 0 Å². The number of aryl methyl sites for hydroxylation is 3. The number of amides is 1. The summed E-state index contributed by atoms with van der Waals surface area (Å²) in [5, 5.41) is 7.48. The van der Waals surface area contributed by atoms with Crippen LogP contribution in [0.1, 0.15) is 22.3 Å². The van der Waals surface area contributed by atoms with Crippen molar-refractivity contribution < 1.29 is 4.79 Å². The Kier molecular flexibility index (Phi) is 5.08. The van der Waals surface area contributed by atoms with Crippen molar-refractivity contribution in [3.05, 3.63) is 64.8 Å². The highest BCUT2D eigenvalue weighted by atomic mass is 16.1. The average Bonchev–Trinajstić information content (AvgIpc) is 2.97. The van der Waals surface area contributed by atoms with E-state index < -0.39 is 0 Å². The summed E-state index contributed by atoms with van der Waals surface area (Å²) in [5.74, 6) is 0.0132. The quantitative estimate of drug-likeness (QED) is 0.640. The van der Waals surface area contributed by atoms with Crippen molar-refractivity contribution in [2.75, 3.05) is 18.4 Å². The van der Waals surface area contributed by atoms with E-state index in [1.807, 2.05) is 18.3 Å². The van der Waals surface area contributed by atoms with Crippen LogP contribution in [0.15, 0.2) is 42.6 Å². The molecule has 0 unspecified atom stereocenters. The number of benzene rings is 2. The van der Waals surface area contributed by atoms with Gasteiger partial charge in [0.05, 0.1) is 6.54 Å². The number of para-hydroxylation sites is 1. The minimum atomic E-state index is 0.0132. The molecule has 0 atom stereocenters. The second kappa shape index (κ2) is 7.43. The number of hydrogen-bond acceptors (Lipinski definition) is 2. The van der Waals surface area contributed by atoms with Gasteiger partial charge in [0.25, 0.3) is 0 Å². The smallest absolute Gasteiger partial charge is 0.239 e. The standard InChI is InChI=1S/C21H25N3O/c1-14-10-15(2)21(16(3)11-14)24-13-20(25)22-9-8-17-12-23-19-7-5-4-6-18(17)19/h4-7,10-12,23-24H,8-9,13H2,1-3H3,(H,22,25). The van der Waals surface area contributed by atoms with Gasteiger partial charge in [-0.05, 0) is 49.9 Å². The van der Waals surface area contributed by atoms with E-state index in [2.05, 4.69) is 60.7 Å². The molecule has 0 saturated heterocycles. The largest absolute Gasteiger partial charge is 0.376 e. The molecule has 3 aromatic rings. The molecule has 130 valence electrons. The predicted octanol–water partition coefficient (Wildman–Crippen LogP) is 3.86. The molecular formula is C21H25N3O. The number of aromatic amines is 1. The van der Waals surface area contributed by atoms with Crippen molar-refractivity contribution in [1.29, 1.82) is 0 Å². The lowest BCUT2D eigenvalue weighted by Gasteiger charge is -2.13. The Labute approximate surface area is 148 Å². The summed E-state index contributed by atoms with van der Waals surface area (Å²) >= 11 is 0. The molecule has 0 radical (unpaired) electrons. The molecular weight excluding hydrogens is 310 g/mol. The van der Waals surface area contributed by atoms with Crippen LogP contribution in [0.5, 0.6) is 0 Å². The molecule has 4 heteroatoms. The Hall–Kier alpha value is -2.75. The first-order valence-corrected chi connectivity index (χ1v) is 8.68. The van der Waals surface area contributed by atoms with E-state index in [0.29, 0.717) is 13.1 Å². The van der Waals surface area contributed by atoms with E-state index >= 15 is 0 Å². The molecule has 0 aliphatic heterocycles. The first-order chi connectivity index (χ1) is 12.0. The van der Waals surface area contributed by atoms with Crippen LogP contribution in [0.4, 0.5) is 5.69 Å². The molecule has 2 aromatic carbocycles. The Bertz CT molecular complexity index is 872. The van der Waals surface area contributed by atoms with Gasteiger partial charge in [-0.2, -0.15) is 0 Å². The first-order valence-electron chi connectivity index (χ1n) is 8.68. The SMILES string of the molecule is Cc1cc(C)c(NCC(=O)NCCc2c[nH]c3ccccc23)c(C)c1. The summed E-state index contributed by atoms with van der Waals surface area (Å²) in [6.45, 7) is 7.14. The van der Waals surface area contributed by atoms with Gasteiger partial charge in [-0.15, -0.1) is 0 Å². The third-order valence-electron chi connectivity index (χ3n) is 4.49. The van der Waals surface area contributed by atoms with Gasteiger partial charge in [-0.3, -0.25) is 4.79 Å². The number of nitrogens with one attached hydrogen (secondary N) is 3. The van der Waals surface area contributed by atoms with E-state index in [0.717, 1.165) is 17.6 Å². The molecule has 0 aliphatic carbocycles. The topological polar surface area (TPSA) is 56.9 Å². The fourth-order valence-electron chi connectivity index (χ4n) is 3.37. The number of carbonyl (C=O) groups is 1. The second-order valence-electron chi connectivity index (χ2n) is 6.59. The number of fused-ring (bicyclic) bond motifs is 1. The third-order valence-corrected chi connectivity index (χ3v) is 4.49. The summed E-state index contributed by atoms with van der Waals surface area (Å²) in [6, 6.07) is 12.5. The summed E-state index contributed by atoms with van der Waals surface area (Å²) in [4.78, 5) is 15.4. The lowest BCUT2D eigenvalue weighted by molar-refractivity contribution is -0.119. The van der Waals surface area contributed by atoms with Crippen molar-refractivity contribution in [2.24, 2.45) is 0 Å². The van der Waals surface area contributed by atoms with Crippen molar-refractivity contribution in [3.8, 4) is 0 Å². The molecule has 25 heavy (non-hydrogen) atoms. The summed E-state index contributed by atoms with van der Waals surface area (Å²) in [7, 11) is 0. The summed E-state index contributed by atoms with van der Waals surface area (Å²) in [5.41, 5.74) is 7.00. The van der Waals surface area contributed by atoms with Gasteiger partial charge in [-0.25, -0.2) is 0 Å².